The molecule has 0 aromatic heterocycles. The largest absolute Gasteiger partial charge is 0.472 e. The standard InChI is InChI=1S/C66H113O11P/c1-4-7-10-13-16-19-22-25-28-30-31-33-36-39-42-45-48-51-54-57-66(70)77-63(59-73-64(68)55-52-49-46-43-40-37-35-32-29-26-23-20-17-14-11-8-5-2)61-75-78(71,72)74-60-62(58-67)76-65(69)56-53-50-47-44-41-38-34-27-24-21-18-15-12-9-6-3/h7,10,16,18-19,21,25,27-28,31,33-34,39,42,48,51,62-63,67H,4-6,8-9,11-15,17,20,22-24,26,29-30,32,35-38,40-41,43-47,49-50,52-61H2,1-3H3,(H,71,72)/b10-7-,19-16-,21-18-,28-25-,33-31-,34-27-,42-39-,51-48-. The monoisotopic (exact) mass is 1110 g/mol. The molecule has 0 amide bonds. The first-order valence-electron chi connectivity index (χ1n) is 31.1. The van der Waals surface area contributed by atoms with Crippen LogP contribution in [0.25, 0.3) is 0 Å². The van der Waals surface area contributed by atoms with E-state index >= 15 is 0 Å². The Bertz CT molecular complexity index is 1680. The van der Waals surface area contributed by atoms with Crippen LogP contribution < -0.4 is 0 Å². The molecule has 0 heterocycles. The van der Waals surface area contributed by atoms with Crippen molar-refractivity contribution in [2.24, 2.45) is 0 Å². The molecule has 3 unspecified atom stereocenters. The Kier molecular flexibility index (Phi) is 56.8. The maximum Gasteiger partial charge on any atom is 0.472 e. The van der Waals surface area contributed by atoms with Gasteiger partial charge in [-0.05, 0) is 89.9 Å². The zero-order valence-electron chi connectivity index (χ0n) is 49.6. The van der Waals surface area contributed by atoms with Gasteiger partial charge < -0.3 is 24.2 Å². The third-order valence-corrected chi connectivity index (χ3v) is 14.0. The summed E-state index contributed by atoms with van der Waals surface area (Å²) in [6, 6.07) is 0. The van der Waals surface area contributed by atoms with E-state index in [1.807, 2.05) is 12.2 Å². The van der Waals surface area contributed by atoms with Crippen LogP contribution >= 0.6 is 7.82 Å². The van der Waals surface area contributed by atoms with Crippen LogP contribution in [0, 0.1) is 0 Å². The molecule has 0 rings (SSSR count). The molecule has 0 fully saturated rings. The van der Waals surface area contributed by atoms with Gasteiger partial charge in [0, 0.05) is 19.3 Å². The number of unbranched alkanes of at least 4 members (excludes halogenated alkanes) is 24. The number of aliphatic hydroxyl groups excluding tert-OH is 1. The average Bonchev–Trinajstić information content (AvgIpc) is 3.43. The molecular weight excluding hydrogens is 1000 g/mol. The van der Waals surface area contributed by atoms with Crippen molar-refractivity contribution in [3.05, 3.63) is 97.2 Å². The van der Waals surface area contributed by atoms with Crippen molar-refractivity contribution in [1.29, 1.82) is 0 Å². The van der Waals surface area contributed by atoms with Crippen molar-refractivity contribution in [1.82, 2.24) is 0 Å². The van der Waals surface area contributed by atoms with Gasteiger partial charge in [0.25, 0.3) is 0 Å². The second-order valence-electron chi connectivity index (χ2n) is 20.5. The van der Waals surface area contributed by atoms with Crippen molar-refractivity contribution in [3.63, 3.8) is 0 Å². The zero-order valence-corrected chi connectivity index (χ0v) is 50.5. The van der Waals surface area contributed by atoms with Crippen molar-refractivity contribution in [2.45, 2.75) is 277 Å². The first kappa shape index (κ1) is 74.4. The van der Waals surface area contributed by atoms with E-state index in [-0.39, 0.29) is 25.9 Å². The van der Waals surface area contributed by atoms with Crippen LogP contribution in [0.15, 0.2) is 97.2 Å². The van der Waals surface area contributed by atoms with E-state index in [4.69, 9.17) is 23.3 Å². The fourth-order valence-electron chi connectivity index (χ4n) is 8.30. The summed E-state index contributed by atoms with van der Waals surface area (Å²) in [6.45, 7) is 4.43. The lowest BCUT2D eigenvalue weighted by atomic mass is 10.0. The minimum absolute atomic E-state index is 0.0396. The number of carbonyl (C=O) groups excluding carboxylic acids is 3. The minimum atomic E-state index is -4.78. The maximum absolute atomic E-state index is 12.9. The molecule has 0 spiro atoms. The van der Waals surface area contributed by atoms with Crippen LogP contribution in [-0.2, 0) is 42.2 Å². The summed E-state index contributed by atoms with van der Waals surface area (Å²) >= 11 is 0. The number of carbonyl (C=O) groups is 3. The summed E-state index contributed by atoms with van der Waals surface area (Å²) < 4.78 is 39.5. The second kappa shape index (κ2) is 59.5. The molecule has 0 saturated heterocycles. The number of esters is 3. The molecule has 2 N–H and O–H groups in total. The molecule has 0 aromatic carbocycles. The molecule has 0 bridgehead atoms. The van der Waals surface area contributed by atoms with E-state index in [0.29, 0.717) is 25.7 Å². The quantitative estimate of drug-likeness (QED) is 0.0197. The molecule has 448 valence electrons. The van der Waals surface area contributed by atoms with Gasteiger partial charge in [-0.2, -0.15) is 0 Å². The van der Waals surface area contributed by atoms with E-state index in [1.165, 1.54) is 103 Å². The number of rotatable bonds is 57. The smallest absolute Gasteiger partial charge is 0.462 e. The van der Waals surface area contributed by atoms with Crippen molar-refractivity contribution in [3.8, 4) is 0 Å². The molecule has 0 saturated carbocycles. The van der Waals surface area contributed by atoms with Gasteiger partial charge in [0.05, 0.1) is 19.8 Å². The predicted molar refractivity (Wildman–Crippen MR) is 325 cm³/mol. The Morgan fingerprint density at radius 3 is 1.13 bits per heavy atom. The van der Waals surface area contributed by atoms with Gasteiger partial charge in [-0.3, -0.25) is 23.4 Å². The molecule has 3 atom stereocenters. The summed E-state index contributed by atoms with van der Waals surface area (Å²) in [4.78, 5) is 48.6. The van der Waals surface area contributed by atoms with Crippen molar-refractivity contribution in [2.75, 3.05) is 26.4 Å². The molecule has 0 aliphatic heterocycles. The number of hydrogen-bond donors (Lipinski definition) is 2. The Morgan fingerprint density at radius 1 is 0.372 bits per heavy atom. The van der Waals surface area contributed by atoms with Crippen LogP contribution in [0.5, 0.6) is 0 Å². The van der Waals surface area contributed by atoms with Gasteiger partial charge in [0.15, 0.2) is 6.10 Å². The number of aliphatic hydroxyl groups is 1. The summed E-state index contributed by atoms with van der Waals surface area (Å²) in [7, 11) is -4.78. The first-order chi connectivity index (χ1) is 38.2. The normalized spacial score (nSPS) is 14.0. The highest BCUT2D eigenvalue weighted by atomic mass is 31.2. The molecule has 12 heteroatoms. The van der Waals surface area contributed by atoms with Crippen LogP contribution in [0.2, 0.25) is 0 Å². The van der Waals surface area contributed by atoms with E-state index in [0.717, 1.165) is 96.3 Å². The molecule has 0 aliphatic carbocycles. The summed E-state index contributed by atoms with van der Waals surface area (Å²) in [5.41, 5.74) is 0. The van der Waals surface area contributed by atoms with E-state index < -0.39 is 57.8 Å². The lowest BCUT2D eigenvalue weighted by Gasteiger charge is -2.21. The molecule has 0 aliphatic rings. The SMILES string of the molecule is CC/C=C\C/C=C\C/C=C\C/C=C\C/C=C\C/C=C\CCC(=O)OC(COC(=O)CCCCCCCCCCCCCCCCCCC)COP(=O)(O)OCC(CO)OC(=O)CCCCCCC/C=C\C/C=C\CCCCC. The highest BCUT2D eigenvalue weighted by molar-refractivity contribution is 7.47. The Hall–Kier alpha value is -3.60. The third kappa shape index (κ3) is 57.1. The third-order valence-electron chi connectivity index (χ3n) is 13.0. The lowest BCUT2D eigenvalue weighted by molar-refractivity contribution is -0.161. The lowest BCUT2D eigenvalue weighted by Crippen LogP contribution is -2.30. The van der Waals surface area contributed by atoms with Gasteiger partial charge in [-0.15, -0.1) is 0 Å². The number of phosphoric ester groups is 1. The van der Waals surface area contributed by atoms with Crippen LogP contribution in [0.1, 0.15) is 265 Å². The molecule has 0 radical (unpaired) electrons. The summed E-state index contributed by atoms with van der Waals surface area (Å²) in [6.07, 6.45) is 70.9. The predicted octanol–water partition coefficient (Wildman–Crippen LogP) is 18.8. The van der Waals surface area contributed by atoms with Gasteiger partial charge in [-0.25, -0.2) is 4.57 Å². The summed E-state index contributed by atoms with van der Waals surface area (Å²) in [5.74, 6) is -1.58. The minimum Gasteiger partial charge on any atom is -0.462 e. The van der Waals surface area contributed by atoms with Gasteiger partial charge >= 0.3 is 25.7 Å². The maximum atomic E-state index is 12.9. The average molecular weight is 1110 g/mol. The fraction of sp³-hybridized carbons (Fsp3) is 0.712. The van der Waals surface area contributed by atoms with Gasteiger partial charge in [-0.1, -0.05) is 253 Å². The van der Waals surface area contributed by atoms with Crippen molar-refractivity contribution < 1.29 is 52.2 Å². The number of phosphoric acid groups is 1. The molecular formula is C66H113O11P. The highest BCUT2D eigenvalue weighted by Crippen LogP contribution is 2.43. The Balaban J connectivity index is 4.83. The fourth-order valence-corrected chi connectivity index (χ4v) is 9.08. The molecule has 0 aromatic rings. The molecule has 78 heavy (non-hydrogen) atoms. The summed E-state index contributed by atoms with van der Waals surface area (Å²) in [5, 5.41) is 9.83. The van der Waals surface area contributed by atoms with Crippen LogP contribution in [0.4, 0.5) is 0 Å². The second-order valence-corrected chi connectivity index (χ2v) is 21.9. The zero-order chi connectivity index (χ0) is 56.9. The number of allylic oxidation sites excluding steroid dienone is 16. The molecule has 11 nitrogen and oxygen atoms in total. The van der Waals surface area contributed by atoms with E-state index in [2.05, 4.69) is 106 Å². The van der Waals surface area contributed by atoms with Gasteiger partial charge in [0.1, 0.15) is 12.7 Å². The van der Waals surface area contributed by atoms with E-state index in [1.54, 1.807) is 0 Å². The van der Waals surface area contributed by atoms with Crippen LogP contribution in [-0.4, -0.2) is 66.5 Å². The Morgan fingerprint density at radius 2 is 0.692 bits per heavy atom. The van der Waals surface area contributed by atoms with Crippen molar-refractivity contribution >= 4 is 25.7 Å². The topological polar surface area (TPSA) is 155 Å². The Labute approximate surface area is 476 Å². The highest BCUT2D eigenvalue weighted by Gasteiger charge is 2.28. The number of ether oxygens (including phenoxy) is 3. The van der Waals surface area contributed by atoms with E-state index in [9.17, 15) is 28.9 Å². The van der Waals surface area contributed by atoms with Crippen LogP contribution in [0.3, 0.4) is 0 Å². The number of hydrogen-bond acceptors (Lipinski definition) is 10. The van der Waals surface area contributed by atoms with Gasteiger partial charge in [0.2, 0.25) is 0 Å². The first-order valence-corrected chi connectivity index (χ1v) is 32.6.